The van der Waals surface area contributed by atoms with Gasteiger partial charge < -0.3 is 15.8 Å². The molecular formula is C14H11N6NaO2. The van der Waals surface area contributed by atoms with Crippen molar-refractivity contribution in [2.24, 2.45) is 0 Å². The molecule has 8 nitrogen and oxygen atoms in total. The van der Waals surface area contributed by atoms with E-state index in [9.17, 15) is 9.59 Å². The topological polar surface area (TPSA) is 127 Å². The Hall–Kier alpha value is -2.29. The smallest absolute Gasteiger partial charge is 0.381 e. The van der Waals surface area contributed by atoms with Crippen LogP contribution in [0, 0.1) is 0 Å². The minimum Gasteiger partial charge on any atom is -0.381 e. The molecule has 3 aromatic rings. The average Bonchev–Trinajstić information content (AvgIpc) is 2.53. The number of hydrogen-bond donors (Lipinski definition) is 3. The van der Waals surface area contributed by atoms with Crippen molar-refractivity contribution in [1.29, 1.82) is 0 Å². The molecule has 2 aromatic heterocycles. The fourth-order valence-corrected chi connectivity index (χ4v) is 1.90. The van der Waals surface area contributed by atoms with Crippen molar-refractivity contribution in [3.8, 4) is 0 Å². The number of aromatic amines is 1. The molecule has 0 radical (unpaired) electrons. The summed E-state index contributed by atoms with van der Waals surface area (Å²) in [6, 6.07) is 6.81. The van der Waals surface area contributed by atoms with Crippen LogP contribution in [-0.4, -0.2) is 26.2 Å². The van der Waals surface area contributed by atoms with Crippen LogP contribution >= 0.6 is 0 Å². The molecule has 4 N–H and O–H groups in total. The van der Waals surface area contributed by atoms with E-state index in [1.54, 1.807) is 30.6 Å². The first kappa shape index (κ1) is 17.1. The van der Waals surface area contributed by atoms with Crippen LogP contribution in [0.5, 0.6) is 0 Å². The maximum absolute atomic E-state index is 11.8. The van der Waals surface area contributed by atoms with E-state index in [4.69, 9.17) is 5.73 Å². The van der Waals surface area contributed by atoms with E-state index in [-0.39, 0.29) is 46.7 Å². The number of anilines is 2. The summed E-state index contributed by atoms with van der Waals surface area (Å²) in [4.78, 5) is 36.8. The van der Waals surface area contributed by atoms with Crippen molar-refractivity contribution in [1.82, 2.24) is 19.9 Å². The van der Waals surface area contributed by atoms with Crippen molar-refractivity contribution in [3.05, 3.63) is 52.1 Å². The summed E-state index contributed by atoms with van der Waals surface area (Å²) in [6.45, 7) is 0.372. The third-order valence-corrected chi connectivity index (χ3v) is 2.96. The molecule has 0 saturated carbocycles. The summed E-state index contributed by atoms with van der Waals surface area (Å²) < 4.78 is 0. The summed E-state index contributed by atoms with van der Waals surface area (Å²) in [6.07, 6.45) is 3.33. The number of fused-ring (bicyclic) bond motifs is 1. The number of nitrogens with one attached hydrogen (secondary N) is 2. The molecule has 0 bridgehead atoms. The Balaban J connectivity index is 0.00000192. The number of benzene rings is 1. The Morgan fingerprint density at radius 2 is 1.96 bits per heavy atom. The number of nitrogen functional groups attached to an aromatic ring is 1. The van der Waals surface area contributed by atoms with E-state index in [2.05, 4.69) is 25.3 Å². The normalized spacial score (nSPS) is 10.1. The Morgan fingerprint density at radius 3 is 2.65 bits per heavy atom. The number of aromatic nitrogens is 4. The first-order valence-corrected chi connectivity index (χ1v) is 6.39. The molecule has 3 rings (SSSR count). The molecule has 0 atom stereocenters. The summed E-state index contributed by atoms with van der Waals surface area (Å²) in [5.41, 5.74) is 7.23. The van der Waals surface area contributed by atoms with E-state index in [1.807, 2.05) is 0 Å². The predicted molar refractivity (Wildman–Crippen MR) is 80.9 cm³/mol. The van der Waals surface area contributed by atoms with Gasteiger partial charge in [-0.2, -0.15) is 22.7 Å². The van der Waals surface area contributed by atoms with Gasteiger partial charge in [-0.05, 0) is 0 Å². The van der Waals surface area contributed by atoms with E-state index in [1.165, 1.54) is 6.20 Å². The summed E-state index contributed by atoms with van der Waals surface area (Å²) in [5.74, 6) is 0.00440. The Labute approximate surface area is 152 Å². The number of rotatable bonds is 4. The van der Waals surface area contributed by atoms with Gasteiger partial charge in [0, 0.05) is 5.69 Å². The fraction of sp³-hybridized carbons (Fsp3) is 0.0714. The van der Waals surface area contributed by atoms with Crippen molar-refractivity contribution in [3.63, 3.8) is 0 Å². The second-order valence-electron chi connectivity index (χ2n) is 4.52. The molecule has 0 unspecified atom stereocenters. The molecule has 2 heterocycles. The van der Waals surface area contributed by atoms with Crippen molar-refractivity contribution in [2.75, 3.05) is 11.1 Å². The molecule has 0 aliphatic heterocycles. The minimum absolute atomic E-state index is 0. The third-order valence-electron chi connectivity index (χ3n) is 2.96. The van der Waals surface area contributed by atoms with E-state index in [0.29, 0.717) is 17.8 Å². The molecule has 110 valence electrons. The number of nitrogens with zero attached hydrogens (tertiary/aromatic N) is 3. The Bertz CT molecular complexity index is 894. The summed E-state index contributed by atoms with van der Waals surface area (Å²) in [5, 5.41) is 3.12. The molecule has 0 aliphatic rings. The Morgan fingerprint density at radius 1 is 1.22 bits per heavy atom. The van der Waals surface area contributed by atoms with Gasteiger partial charge in [0.15, 0.2) is 11.2 Å². The first-order valence-electron chi connectivity index (χ1n) is 6.39. The molecule has 1 aromatic carbocycles. The quantitative estimate of drug-likeness (QED) is 0.355. The van der Waals surface area contributed by atoms with Crippen molar-refractivity contribution < 1.29 is 34.4 Å². The average molecular weight is 318 g/mol. The summed E-state index contributed by atoms with van der Waals surface area (Å²) in [7, 11) is 0. The van der Waals surface area contributed by atoms with Gasteiger partial charge in [0.2, 0.25) is 5.95 Å². The van der Waals surface area contributed by atoms with Gasteiger partial charge in [-0.25, -0.2) is 9.97 Å². The largest absolute Gasteiger partial charge is 1.00 e. The standard InChI is InChI=1S/C14H11N6O2.Na/c15-14-19-12-11(13(22)20-14)18-10(6-17-12)5-16-9-3-1-8(7-21)2-4-9;/h1-4,6,16H,5H2,(H3,15,17,19,20,22);/q-1;+1. The van der Waals surface area contributed by atoms with Gasteiger partial charge in [-0.3, -0.25) is 9.78 Å². The van der Waals surface area contributed by atoms with Crippen LogP contribution in [0.25, 0.3) is 11.2 Å². The van der Waals surface area contributed by atoms with Crippen LogP contribution in [0.3, 0.4) is 0 Å². The van der Waals surface area contributed by atoms with Crippen LogP contribution in [0.15, 0.2) is 35.3 Å². The fourth-order valence-electron chi connectivity index (χ4n) is 1.90. The van der Waals surface area contributed by atoms with E-state index >= 15 is 0 Å². The monoisotopic (exact) mass is 318 g/mol. The molecule has 0 amide bonds. The predicted octanol–water partition coefficient (Wildman–Crippen LogP) is -2.63. The van der Waals surface area contributed by atoms with Gasteiger partial charge in [-0.15, -0.1) is 0 Å². The van der Waals surface area contributed by atoms with Crippen molar-refractivity contribution in [2.45, 2.75) is 6.54 Å². The van der Waals surface area contributed by atoms with Gasteiger partial charge in [-0.1, -0.05) is 12.1 Å². The minimum atomic E-state index is -0.428. The van der Waals surface area contributed by atoms with Gasteiger partial charge in [0.1, 0.15) is 0 Å². The van der Waals surface area contributed by atoms with Crippen LogP contribution in [0.2, 0.25) is 0 Å². The van der Waals surface area contributed by atoms with Crippen molar-refractivity contribution >= 4 is 29.1 Å². The molecule has 0 spiro atoms. The number of nitrogens with two attached hydrogens (primary N) is 1. The SMILES string of the molecule is Nc1nc2ncc(CNc3ccc([C-]=O)cc3)nc2c(=O)[nH]1.[Na+]. The second kappa shape index (κ2) is 7.32. The van der Waals surface area contributed by atoms with E-state index < -0.39 is 5.56 Å². The van der Waals surface area contributed by atoms with Gasteiger partial charge in [0.25, 0.3) is 5.56 Å². The van der Waals surface area contributed by atoms with Gasteiger partial charge in [0.05, 0.1) is 24.7 Å². The number of hydrogen-bond acceptors (Lipinski definition) is 7. The maximum atomic E-state index is 11.8. The third kappa shape index (κ3) is 3.92. The zero-order valence-corrected chi connectivity index (χ0v) is 14.3. The van der Waals surface area contributed by atoms with E-state index in [0.717, 1.165) is 5.69 Å². The van der Waals surface area contributed by atoms with Crippen LogP contribution in [-0.2, 0) is 11.3 Å². The first-order chi connectivity index (χ1) is 10.7. The number of H-pyrrole nitrogens is 1. The maximum Gasteiger partial charge on any atom is 1.00 e. The molecule has 0 fully saturated rings. The summed E-state index contributed by atoms with van der Waals surface area (Å²) >= 11 is 0. The van der Waals surface area contributed by atoms with Gasteiger partial charge >= 0.3 is 29.6 Å². The molecule has 23 heavy (non-hydrogen) atoms. The van der Waals surface area contributed by atoms with Crippen LogP contribution in [0.4, 0.5) is 11.6 Å². The number of carbonyl (C=O) groups excluding carboxylic acids is 1. The van der Waals surface area contributed by atoms with Crippen LogP contribution < -0.4 is 46.2 Å². The molecule has 0 saturated heterocycles. The zero-order chi connectivity index (χ0) is 15.5. The molecular weight excluding hydrogens is 307 g/mol. The molecule has 0 aliphatic carbocycles. The second-order valence-corrected chi connectivity index (χ2v) is 4.52. The molecule has 9 heteroatoms. The van der Waals surface area contributed by atoms with Crippen LogP contribution in [0.1, 0.15) is 11.3 Å². The zero-order valence-electron chi connectivity index (χ0n) is 12.3. The Kier molecular flexibility index (Phi) is 5.43.